The highest BCUT2D eigenvalue weighted by Crippen LogP contribution is 2.46. The van der Waals surface area contributed by atoms with E-state index in [0.717, 1.165) is 50.9 Å². The number of nitrogens with one attached hydrogen (secondary N) is 2. The predicted molar refractivity (Wildman–Crippen MR) is 170 cm³/mol. The Hall–Kier alpha value is -4.53. The zero-order valence-electron chi connectivity index (χ0n) is 26.1. The maximum atomic E-state index is 14.0. The molecule has 0 amide bonds. The van der Waals surface area contributed by atoms with E-state index in [-0.39, 0.29) is 30.1 Å². The number of carbonyl (C=O) groups excluding carboxylic acids is 2. The smallest absolute Gasteiger partial charge is 0.321 e. The number of ether oxygens (including phenoxy) is 1. The molecule has 1 aliphatic carbocycles. The third kappa shape index (κ3) is 4.40. The molecular weight excluding hydrogens is 556 g/mol. The van der Waals surface area contributed by atoms with Gasteiger partial charge in [0.25, 0.3) is 0 Å². The number of hydrogen-bond donors (Lipinski definition) is 3. The first-order chi connectivity index (χ1) is 21.0. The predicted octanol–water partition coefficient (Wildman–Crippen LogP) is 3.67. The van der Waals surface area contributed by atoms with Gasteiger partial charge in [0.05, 0.1) is 24.6 Å². The molecule has 5 heterocycles. The fraction of sp³-hybridized carbons (Fsp3) is 0.400. The molecule has 9 nitrogen and oxygen atoms in total. The van der Waals surface area contributed by atoms with Gasteiger partial charge in [0.2, 0.25) is 0 Å². The van der Waals surface area contributed by atoms with Crippen LogP contribution in [0.5, 0.6) is 0 Å². The SMILES string of the molecule is C=Cc1c(C)/c2[nH]/c1=C\c1[nH]c(c(CC)c1C)CC1N=C3C(=C1C)C(=O)C(C(=O)OC)/C3=C1N=C(\C=2)C(C)C/1CCC(=O)O. The Kier molecular flexibility index (Phi) is 7.30. The zero-order valence-corrected chi connectivity index (χ0v) is 26.1. The van der Waals surface area contributed by atoms with Gasteiger partial charge in [0, 0.05) is 69.2 Å². The Bertz CT molecular complexity index is 1910. The van der Waals surface area contributed by atoms with Crippen LogP contribution in [0.25, 0.3) is 18.2 Å². The molecule has 6 rings (SSSR count). The van der Waals surface area contributed by atoms with Gasteiger partial charge in [0.15, 0.2) is 5.78 Å². The standard InChI is InChI=1S/C35H38N4O5/c1-8-19-15(3)22-12-24-17(5)21(10-11-28(40)41)32(38-24)30-31(35(43)44-7)34(42)29-18(6)25(39-33(29)30)14-27-20(9-2)16(4)23(37-27)13-26(19)36-22/h8,12-13,17,21,25,31,36-37H,1,9-11,14H2,2-7H3,(H,40,41)/b22-12-,26-13-,32-30-. The number of H-pyrrole nitrogens is 2. The normalized spacial score (nSPS) is 27.0. The number of esters is 1. The van der Waals surface area contributed by atoms with Crippen molar-refractivity contribution in [1.82, 2.24) is 9.97 Å². The quantitative estimate of drug-likeness (QED) is 0.346. The third-order valence-corrected chi connectivity index (χ3v) is 9.93. The van der Waals surface area contributed by atoms with Crippen LogP contribution in [0.4, 0.5) is 0 Å². The van der Waals surface area contributed by atoms with Gasteiger partial charge in [0.1, 0.15) is 5.92 Å². The molecule has 1 saturated carbocycles. The van der Waals surface area contributed by atoms with Crippen LogP contribution in [0, 0.1) is 31.6 Å². The minimum absolute atomic E-state index is 0.0718. The lowest BCUT2D eigenvalue weighted by Gasteiger charge is -2.19. The molecule has 0 spiro atoms. The number of aromatic nitrogens is 2. The first-order valence-corrected chi connectivity index (χ1v) is 15.2. The number of allylic oxidation sites excluding steroid dienone is 2. The number of carboxylic acids is 1. The Balaban J connectivity index is 1.70. The third-order valence-electron chi connectivity index (χ3n) is 9.93. The molecule has 3 aliphatic heterocycles. The highest BCUT2D eigenvalue weighted by molar-refractivity contribution is 6.42. The van der Waals surface area contributed by atoms with Gasteiger partial charge in [-0.25, -0.2) is 0 Å². The van der Waals surface area contributed by atoms with E-state index >= 15 is 0 Å². The lowest BCUT2D eigenvalue weighted by Crippen LogP contribution is -2.26. The molecule has 4 aliphatic rings. The minimum atomic E-state index is -1.19. The monoisotopic (exact) mass is 594 g/mol. The summed E-state index contributed by atoms with van der Waals surface area (Å²) in [7, 11) is 1.27. The average Bonchev–Trinajstić information content (AvgIpc) is 3.72. The number of aliphatic carboxylic acids is 1. The van der Waals surface area contributed by atoms with Crippen molar-refractivity contribution >= 4 is 47.4 Å². The van der Waals surface area contributed by atoms with Crippen LogP contribution >= 0.6 is 0 Å². The number of rotatable bonds is 6. The maximum Gasteiger partial charge on any atom is 0.321 e. The van der Waals surface area contributed by atoms with E-state index < -0.39 is 17.9 Å². The van der Waals surface area contributed by atoms with Gasteiger partial charge in [-0.15, -0.1) is 0 Å². The van der Waals surface area contributed by atoms with Crippen molar-refractivity contribution in [2.75, 3.05) is 7.11 Å². The van der Waals surface area contributed by atoms with Gasteiger partial charge in [-0.3, -0.25) is 24.4 Å². The van der Waals surface area contributed by atoms with E-state index in [4.69, 9.17) is 14.7 Å². The average molecular weight is 595 g/mol. The van der Waals surface area contributed by atoms with E-state index in [1.165, 1.54) is 18.2 Å². The van der Waals surface area contributed by atoms with Crippen LogP contribution in [0.1, 0.15) is 67.3 Å². The summed E-state index contributed by atoms with van der Waals surface area (Å²) < 4.78 is 5.14. The van der Waals surface area contributed by atoms with Crippen molar-refractivity contribution in [3.8, 4) is 0 Å². The number of methoxy groups -OCH3 is 1. The maximum absolute atomic E-state index is 14.0. The molecule has 228 valence electrons. The Morgan fingerprint density at radius 2 is 1.91 bits per heavy atom. The van der Waals surface area contributed by atoms with Crippen LogP contribution in [0.3, 0.4) is 0 Å². The topological polar surface area (TPSA) is 137 Å². The Labute approximate surface area is 255 Å². The number of aromatic amines is 2. The first-order valence-electron chi connectivity index (χ1n) is 15.2. The second kappa shape index (κ2) is 10.9. The van der Waals surface area contributed by atoms with Crippen LogP contribution < -0.4 is 10.7 Å². The number of ketones is 1. The van der Waals surface area contributed by atoms with Crippen molar-refractivity contribution in [3.63, 3.8) is 0 Å². The van der Waals surface area contributed by atoms with E-state index in [2.05, 4.69) is 36.5 Å². The van der Waals surface area contributed by atoms with E-state index in [0.29, 0.717) is 35.4 Å². The number of Topliss-reactive ketones (excluding diaryl/α,β-unsaturated/α-hetero) is 1. The van der Waals surface area contributed by atoms with Crippen LogP contribution in [-0.4, -0.2) is 57.4 Å². The van der Waals surface area contributed by atoms with Gasteiger partial charge >= 0.3 is 11.9 Å². The largest absolute Gasteiger partial charge is 0.481 e. The van der Waals surface area contributed by atoms with Crippen molar-refractivity contribution < 1.29 is 24.2 Å². The van der Waals surface area contributed by atoms with Gasteiger partial charge in [-0.2, -0.15) is 0 Å². The lowest BCUT2D eigenvalue weighted by atomic mass is 9.83. The number of carboxylic acid groups (broad SMARTS) is 1. The molecule has 0 saturated heterocycles. The molecular formula is C35H38N4O5. The minimum Gasteiger partial charge on any atom is -0.481 e. The molecule has 2 aromatic rings. The zero-order chi connectivity index (χ0) is 31.6. The summed E-state index contributed by atoms with van der Waals surface area (Å²) in [5.74, 6) is -3.59. The number of carbonyl (C=O) groups is 3. The second-order valence-electron chi connectivity index (χ2n) is 12.2. The number of nitrogens with zero attached hydrogens (tertiary/aromatic N) is 2. The van der Waals surface area contributed by atoms with Crippen LogP contribution in [0.15, 0.2) is 39.0 Å². The summed E-state index contributed by atoms with van der Waals surface area (Å²) in [5, 5.41) is 11.4. The highest BCUT2D eigenvalue weighted by Gasteiger charge is 2.52. The van der Waals surface area contributed by atoms with Crippen molar-refractivity contribution in [2.45, 2.75) is 66.3 Å². The van der Waals surface area contributed by atoms with E-state index in [9.17, 15) is 19.5 Å². The van der Waals surface area contributed by atoms with Gasteiger partial charge in [-0.1, -0.05) is 26.5 Å². The molecule has 4 unspecified atom stereocenters. The van der Waals surface area contributed by atoms with Gasteiger partial charge < -0.3 is 19.8 Å². The second-order valence-corrected chi connectivity index (χ2v) is 12.2. The van der Waals surface area contributed by atoms with E-state index in [1.807, 2.05) is 32.9 Å². The van der Waals surface area contributed by atoms with Crippen LogP contribution in [0.2, 0.25) is 0 Å². The lowest BCUT2D eigenvalue weighted by molar-refractivity contribution is -0.146. The Morgan fingerprint density at radius 1 is 1.16 bits per heavy atom. The summed E-state index contributed by atoms with van der Waals surface area (Å²) in [4.78, 5) is 56.4. The molecule has 0 aromatic carbocycles. The highest BCUT2D eigenvalue weighted by atomic mass is 16.5. The summed E-state index contributed by atoms with van der Waals surface area (Å²) in [5.41, 5.74) is 9.98. The summed E-state index contributed by atoms with van der Waals surface area (Å²) in [6.07, 6.45) is 7.60. The first kappa shape index (κ1) is 29.5. The number of fused-ring (bicyclic) bond motifs is 6. The molecule has 8 bridgehead atoms. The van der Waals surface area contributed by atoms with Gasteiger partial charge in [-0.05, 0) is 68.0 Å². The summed E-state index contributed by atoms with van der Waals surface area (Å²) >= 11 is 0. The summed E-state index contributed by atoms with van der Waals surface area (Å²) in [6, 6.07) is -0.295. The fourth-order valence-corrected chi connectivity index (χ4v) is 7.44. The number of aliphatic imine (C=N–C) groups is 2. The van der Waals surface area contributed by atoms with Crippen LogP contribution in [-0.2, 0) is 32.0 Å². The summed E-state index contributed by atoms with van der Waals surface area (Å²) in [6.45, 7) is 14.3. The van der Waals surface area contributed by atoms with Crippen molar-refractivity contribution in [1.29, 1.82) is 0 Å². The van der Waals surface area contributed by atoms with E-state index in [1.54, 1.807) is 0 Å². The molecule has 44 heavy (non-hydrogen) atoms. The number of hydrogen-bond acceptors (Lipinski definition) is 6. The fourth-order valence-electron chi connectivity index (χ4n) is 7.44. The molecule has 4 atom stereocenters. The molecule has 1 fully saturated rings. The van der Waals surface area contributed by atoms with Crippen molar-refractivity contribution in [3.05, 3.63) is 73.3 Å². The molecule has 2 aromatic heterocycles. The molecule has 0 radical (unpaired) electrons. The Morgan fingerprint density at radius 3 is 2.57 bits per heavy atom. The van der Waals surface area contributed by atoms with Crippen molar-refractivity contribution in [2.24, 2.45) is 27.7 Å². The molecule has 9 heteroatoms. The molecule has 3 N–H and O–H groups in total.